The summed E-state index contributed by atoms with van der Waals surface area (Å²) in [6, 6.07) is 0. The van der Waals surface area contributed by atoms with Crippen LogP contribution in [0.1, 0.15) is 47.5 Å². The van der Waals surface area contributed by atoms with Gasteiger partial charge in [-0.1, -0.05) is 27.7 Å². The fourth-order valence-electron chi connectivity index (χ4n) is 1.41. The van der Waals surface area contributed by atoms with E-state index in [1.807, 2.05) is 0 Å². The second-order valence-electron chi connectivity index (χ2n) is 5.19. The third-order valence-electron chi connectivity index (χ3n) is 2.57. The van der Waals surface area contributed by atoms with Crippen LogP contribution in [0.4, 0.5) is 0 Å². The van der Waals surface area contributed by atoms with Gasteiger partial charge in [0.05, 0.1) is 0 Å². The van der Waals surface area contributed by atoms with E-state index in [2.05, 4.69) is 44.8 Å². The highest BCUT2D eigenvalue weighted by Crippen LogP contribution is 2.06. The molecular formula is C13H28N2S. The molecule has 0 aliphatic heterocycles. The third kappa shape index (κ3) is 7.91. The molecular weight excluding hydrogens is 216 g/mol. The van der Waals surface area contributed by atoms with E-state index < -0.39 is 0 Å². The van der Waals surface area contributed by atoms with Gasteiger partial charge >= 0.3 is 0 Å². The fraction of sp³-hybridized carbons (Fsp3) is 0.923. The van der Waals surface area contributed by atoms with E-state index in [4.69, 9.17) is 12.2 Å². The summed E-state index contributed by atoms with van der Waals surface area (Å²) in [6.45, 7) is 14.2. The molecule has 0 aromatic heterocycles. The monoisotopic (exact) mass is 244 g/mol. The van der Waals surface area contributed by atoms with Crippen LogP contribution in [0.15, 0.2) is 0 Å². The maximum absolute atomic E-state index is 5.39. The first kappa shape index (κ1) is 15.7. The molecule has 0 rings (SSSR count). The SMILES string of the molecule is CCNC(=S)N(CCC(C)C)CCC(C)C. The number of rotatable bonds is 7. The lowest BCUT2D eigenvalue weighted by atomic mass is 10.1. The molecule has 0 radical (unpaired) electrons. The summed E-state index contributed by atoms with van der Waals surface area (Å²) in [5.41, 5.74) is 0. The first-order chi connectivity index (χ1) is 7.47. The lowest BCUT2D eigenvalue weighted by Crippen LogP contribution is -2.41. The normalized spacial score (nSPS) is 10.9. The van der Waals surface area contributed by atoms with E-state index in [-0.39, 0.29) is 0 Å². The molecule has 0 atom stereocenters. The van der Waals surface area contributed by atoms with Crippen LogP contribution in [0.3, 0.4) is 0 Å². The summed E-state index contributed by atoms with van der Waals surface area (Å²) in [7, 11) is 0. The quantitative estimate of drug-likeness (QED) is 0.692. The highest BCUT2D eigenvalue weighted by atomic mass is 32.1. The van der Waals surface area contributed by atoms with E-state index >= 15 is 0 Å². The predicted octanol–water partition coefficient (Wildman–Crippen LogP) is 3.28. The molecule has 0 saturated carbocycles. The summed E-state index contributed by atoms with van der Waals surface area (Å²) in [5, 5.41) is 4.17. The Morgan fingerprint density at radius 1 is 1.06 bits per heavy atom. The Bertz CT molecular complexity index is 178. The van der Waals surface area contributed by atoms with Gasteiger partial charge in [0.15, 0.2) is 5.11 Å². The molecule has 16 heavy (non-hydrogen) atoms. The maximum Gasteiger partial charge on any atom is 0.168 e. The number of nitrogens with one attached hydrogen (secondary N) is 1. The average molecular weight is 244 g/mol. The van der Waals surface area contributed by atoms with Crippen LogP contribution in [0.2, 0.25) is 0 Å². The van der Waals surface area contributed by atoms with Gasteiger partial charge < -0.3 is 10.2 Å². The van der Waals surface area contributed by atoms with Gasteiger partial charge in [0.1, 0.15) is 0 Å². The van der Waals surface area contributed by atoms with Crippen molar-refractivity contribution in [2.75, 3.05) is 19.6 Å². The van der Waals surface area contributed by atoms with Crippen molar-refractivity contribution in [2.45, 2.75) is 47.5 Å². The molecule has 0 fully saturated rings. The predicted molar refractivity (Wildman–Crippen MR) is 76.8 cm³/mol. The van der Waals surface area contributed by atoms with Crippen molar-refractivity contribution in [1.82, 2.24) is 10.2 Å². The molecule has 0 spiro atoms. The molecule has 0 heterocycles. The summed E-state index contributed by atoms with van der Waals surface area (Å²) in [6.07, 6.45) is 2.42. The lowest BCUT2D eigenvalue weighted by Gasteiger charge is -2.27. The van der Waals surface area contributed by atoms with Crippen LogP contribution in [-0.4, -0.2) is 29.6 Å². The first-order valence-corrected chi connectivity index (χ1v) is 6.90. The van der Waals surface area contributed by atoms with Gasteiger partial charge in [0, 0.05) is 19.6 Å². The van der Waals surface area contributed by atoms with Gasteiger partial charge in [0.2, 0.25) is 0 Å². The van der Waals surface area contributed by atoms with Gasteiger partial charge in [-0.25, -0.2) is 0 Å². The molecule has 0 amide bonds. The van der Waals surface area contributed by atoms with Gasteiger partial charge in [-0.2, -0.15) is 0 Å². The topological polar surface area (TPSA) is 15.3 Å². The van der Waals surface area contributed by atoms with Crippen molar-refractivity contribution in [3.05, 3.63) is 0 Å². The minimum absolute atomic E-state index is 0.742. The van der Waals surface area contributed by atoms with E-state index in [0.717, 1.165) is 36.6 Å². The number of hydrogen-bond acceptors (Lipinski definition) is 1. The van der Waals surface area contributed by atoms with E-state index in [0.29, 0.717) is 0 Å². The highest BCUT2D eigenvalue weighted by Gasteiger charge is 2.10. The summed E-state index contributed by atoms with van der Waals surface area (Å²) >= 11 is 5.39. The Hall–Kier alpha value is -0.310. The molecule has 0 aliphatic carbocycles. The van der Waals surface area contributed by atoms with Gasteiger partial charge in [0.25, 0.3) is 0 Å². The molecule has 0 saturated heterocycles. The summed E-state index contributed by atoms with van der Waals surface area (Å²) in [4.78, 5) is 2.32. The minimum atomic E-state index is 0.742. The zero-order chi connectivity index (χ0) is 12.6. The van der Waals surface area contributed by atoms with Crippen molar-refractivity contribution >= 4 is 17.3 Å². The standard InChI is InChI=1S/C13H28N2S/c1-6-14-13(16)15(9-7-11(2)3)10-8-12(4)5/h11-12H,6-10H2,1-5H3,(H,14,16). The van der Waals surface area contributed by atoms with Crippen LogP contribution in [0.25, 0.3) is 0 Å². The van der Waals surface area contributed by atoms with E-state index in [9.17, 15) is 0 Å². The van der Waals surface area contributed by atoms with Crippen molar-refractivity contribution in [1.29, 1.82) is 0 Å². The number of nitrogens with zero attached hydrogens (tertiary/aromatic N) is 1. The Morgan fingerprint density at radius 2 is 1.50 bits per heavy atom. The second kappa shape index (κ2) is 8.80. The molecule has 0 aromatic carbocycles. The first-order valence-electron chi connectivity index (χ1n) is 6.50. The van der Waals surface area contributed by atoms with Crippen LogP contribution in [-0.2, 0) is 0 Å². The third-order valence-corrected chi connectivity index (χ3v) is 2.97. The fourth-order valence-corrected chi connectivity index (χ4v) is 1.73. The lowest BCUT2D eigenvalue weighted by molar-refractivity contribution is 0.350. The second-order valence-corrected chi connectivity index (χ2v) is 5.57. The van der Waals surface area contributed by atoms with Crippen molar-refractivity contribution in [3.8, 4) is 0 Å². The molecule has 96 valence electrons. The van der Waals surface area contributed by atoms with E-state index in [1.165, 1.54) is 12.8 Å². The number of hydrogen-bond donors (Lipinski definition) is 1. The minimum Gasteiger partial charge on any atom is -0.363 e. The van der Waals surface area contributed by atoms with Crippen LogP contribution in [0, 0.1) is 11.8 Å². The average Bonchev–Trinajstić information content (AvgIpc) is 2.17. The maximum atomic E-state index is 5.39. The van der Waals surface area contributed by atoms with Crippen LogP contribution in [0.5, 0.6) is 0 Å². The number of thiocarbonyl (C=S) groups is 1. The Kier molecular flexibility index (Phi) is 8.63. The molecule has 1 N–H and O–H groups in total. The zero-order valence-corrected chi connectivity index (χ0v) is 12.4. The summed E-state index contributed by atoms with van der Waals surface area (Å²) in [5.74, 6) is 1.48. The molecule has 0 aliphatic rings. The van der Waals surface area contributed by atoms with Crippen LogP contribution >= 0.6 is 12.2 Å². The Balaban J connectivity index is 4.09. The summed E-state index contributed by atoms with van der Waals surface area (Å²) < 4.78 is 0. The van der Waals surface area contributed by atoms with Gasteiger partial charge in [-0.15, -0.1) is 0 Å². The molecule has 0 aromatic rings. The largest absolute Gasteiger partial charge is 0.363 e. The Labute approximate surface area is 107 Å². The van der Waals surface area contributed by atoms with Crippen molar-refractivity contribution in [2.24, 2.45) is 11.8 Å². The Morgan fingerprint density at radius 3 is 1.81 bits per heavy atom. The zero-order valence-electron chi connectivity index (χ0n) is 11.5. The van der Waals surface area contributed by atoms with Gasteiger partial charge in [-0.3, -0.25) is 0 Å². The molecule has 3 heteroatoms. The van der Waals surface area contributed by atoms with Crippen LogP contribution < -0.4 is 5.32 Å². The van der Waals surface area contributed by atoms with Crippen molar-refractivity contribution in [3.63, 3.8) is 0 Å². The molecule has 0 unspecified atom stereocenters. The van der Waals surface area contributed by atoms with Crippen molar-refractivity contribution < 1.29 is 0 Å². The van der Waals surface area contributed by atoms with Gasteiger partial charge in [-0.05, 0) is 43.8 Å². The molecule has 0 bridgehead atoms. The highest BCUT2D eigenvalue weighted by molar-refractivity contribution is 7.80. The smallest absolute Gasteiger partial charge is 0.168 e. The van der Waals surface area contributed by atoms with E-state index in [1.54, 1.807) is 0 Å². The molecule has 2 nitrogen and oxygen atoms in total.